The van der Waals surface area contributed by atoms with Crippen molar-refractivity contribution >= 4 is 10.8 Å². The Morgan fingerprint density at radius 2 is 1.19 bits per heavy atom. The van der Waals surface area contributed by atoms with Gasteiger partial charge < -0.3 is 4.74 Å². The predicted octanol–water partition coefficient (Wildman–Crippen LogP) is 9.61. The highest BCUT2D eigenvalue weighted by Crippen LogP contribution is 2.54. The van der Waals surface area contributed by atoms with Gasteiger partial charge in [-0.2, -0.15) is 0 Å². The zero-order valence-corrected chi connectivity index (χ0v) is 20.5. The average Bonchev–Trinajstić information content (AvgIpc) is 3.22. The smallest absolute Gasteiger partial charge is 0.135 e. The van der Waals surface area contributed by atoms with Crippen LogP contribution >= 0.6 is 0 Å². The molecule has 0 bridgehead atoms. The molecular weight excluding hydrogens is 448 g/mol. The van der Waals surface area contributed by atoms with E-state index in [-0.39, 0.29) is 5.41 Å². The van der Waals surface area contributed by atoms with Gasteiger partial charge in [-0.1, -0.05) is 109 Å². The molecule has 1 heteroatoms. The van der Waals surface area contributed by atoms with E-state index in [9.17, 15) is 0 Å². The third kappa shape index (κ3) is 2.74. The predicted molar refractivity (Wildman–Crippen MR) is 152 cm³/mol. The van der Waals surface area contributed by atoms with E-state index in [1.807, 2.05) is 0 Å². The summed E-state index contributed by atoms with van der Waals surface area (Å²) in [5, 5.41) is 2.39. The van der Waals surface area contributed by atoms with Gasteiger partial charge in [0.1, 0.15) is 11.5 Å². The van der Waals surface area contributed by atoms with Crippen molar-refractivity contribution in [3.8, 4) is 44.9 Å². The second-order valence-corrected chi connectivity index (χ2v) is 10.2. The molecule has 6 aromatic rings. The Labute approximate surface area is 216 Å². The number of hydrogen-bond acceptors (Lipinski definition) is 1. The van der Waals surface area contributed by atoms with Gasteiger partial charge in [-0.3, -0.25) is 0 Å². The first-order valence-corrected chi connectivity index (χ1v) is 12.9. The maximum Gasteiger partial charge on any atom is 0.135 e. The molecule has 6 aromatic carbocycles. The topological polar surface area (TPSA) is 9.23 Å². The lowest BCUT2D eigenvalue weighted by Gasteiger charge is -2.28. The quantitative estimate of drug-likeness (QED) is 0.243. The lowest BCUT2D eigenvalue weighted by atomic mass is 9.74. The first kappa shape index (κ1) is 20.6. The molecule has 0 spiro atoms. The van der Waals surface area contributed by atoms with Crippen molar-refractivity contribution in [2.24, 2.45) is 0 Å². The van der Waals surface area contributed by atoms with Crippen LogP contribution in [0.4, 0.5) is 0 Å². The number of rotatable bonds is 2. The van der Waals surface area contributed by atoms with Gasteiger partial charge >= 0.3 is 0 Å². The van der Waals surface area contributed by atoms with Crippen molar-refractivity contribution in [3.05, 3.63) is 144 Å². The molecule has 1 unspecified atom stereocenters. The summed E-state index contributed by atoms with van der Waals surface area (Å²) in [6, 6.07) is 46.1. The summed E-state index contributed by atoms with van der Waals surface area (Å²) in [6.07, 6.45) is 0. The highest BCUT2D eigenvalue weighted by Gasteiger charge is 2.40. The maximum atomic E-state index is 6.45. The molecule has 0 aromatic heterocycles. The summed E-state index contributed by atoms with van der Waals surface area (Å²) in [5.41, 5.74) is 11.3. The van der Waals surface area contributed by atoms with Gasteiger partial charge in [0.2, 0.25) is 0 Å². The van der Waals surface area contributed by atoms with E-state index >= 15 is 0 Å². The Morgan fingerprint density at radius 1 is 0.514 bits per heavy atom. The lowest BCUT2D eigenvalue weighted by Crippen LogP contribution is -2.22. The minimum atomic E-state index is -0.185. The second kappa shape index (κ2) is 7.44. The molecule has 1 nitrogen and oxygen atoms in total. The first-order valence-electron chi connectivity index (χ1n) is 12.9. The molecule has 8 rings (SSSR count). The van der Waals surface area contributed by atoms with Crippen molar-refractivity contribution in [1.82, 2.24) is 0 Å². The molecule has 1 aliphatic heterocycles. The van der Waals surface area contributed by atoms with E-state index in [1.54, 1.807) is 0 Å². The lowest BCUT2D eigenvalue weighted by molar-refractivity contribution is 0.487. The Balaban J connectivity index is 1.38. The van der Waals surface area contributed by atoms with E-state index in [0.29, 0.717) is 0 Å². The molecule has 0 saturated carbocycles. The normalized spacial score (nSPS) is 16.6. The van der Waals surface area contributed by atoms with Crippen LogP contribution in [-0.4, -0.2) is 0 Å². The molecule has 0 saturated heterocycles. The summed E-state index contributed by atoms with van der Waals surface area (Å²) in [5.74, 6) is 1.85. The zero-order valence-electron chi connectivity index (χ0n) is 20.5. The van der Waals surface area contributed by atoms with Gasteiger partial charge in [0.15, 0.2) is 0 Å². The van der Waals surface area contributed by atoms with Gasteiger partial charge in [-0.25, -0.2) is 0 Å². The molecule has 2 aliphatic rings. The monoisotopic (exact) mass is 472 g/mol. The molecular formula is C36H24O. The Morgan fingerprint density at radius 3 is 2.08 bits per heavy atom. The Kier molecular flexibility index (Phi) is 4.14. The SMILES string of the molecule is CC1(c2ccccc2)c2ccccc2-c2cc(-c3cccc4c3-c3cccc5cccc(c35)O4)ccc21. The molecule has 1 heterocycles. The summed E-state index contributed by atoms with van der Waals surface area (Å²) >= 11 is 0. The van der Waals surface area contributed by atoms with E-state index in [4.69, 9.17) is 4.74 Å². The van der Waals surface area contributed by atoms with Gasteiger partial charge in [-0.05, 0) is 75.0 Å². The molecule has 0 fully saturated rings. The maximum absolute atomic E-state index is 6.45. The van der Waals surface area contributed by atoms with Gasteiger partial charge in [0.05, 0.1) is 0 Å². The average molecular weight is 473 g/mol. The van der Waals surface area contributed by atoms with E-state index in [2.05, 4.69) is 134 Å². The first-order chi connectivity index (χ1) is 18.2. The molecule has 0 N–H and O–H groups in total. The number of hydrogen-bond donors (Lipinski definition) is 0. The summed E-state index contributed by atoms with van der Waals surface area (Å²) in [6.45, 7) is 2.36. The molecule has 0 radical (unpaired) electrons. The fourth-order valence-corrected chi connectivity index (χ4v) is 6.61. The van der Waals surface area contributed by atoms with Crippen LogP contribution in [0.2, 0.25) is 0 Å². The van der Waals surface area contributed by atoms with Crippen LogP contribution < -0.4 is 4.74 Å². The molecule has 0 amide bonds. The van der Waals surface area contributed by atoms with Gasteiger partial charge in [0.25, 0.3) is 0 Å². The summed E-state index contributed by atoms with van der Waals surface area (Å²) in [4.78, 5) is 0. The van der Waals surface area contributed by atoms with Crippen LogP contribution in [0.5, 0.6) is 11.5 Å². The van der Waals surface area contributed by atoms with Gasteiger partial charge in [-0.15, -0.1) is 0 Å². The zero-order chi connectivity index (χ0) is 24.6. The van der Waals surface area contributed by atoms with Crippen LogP contribution in [-0.2, 0) is 5.41 Å². The summed E-state index contributed by atoms with van der Waals surface area (Å²) < 4.78 is 6.45. The highest BCUT2D eigenvalue weighted by molar-refractivity contribution is 6.07. The fraction of sp³-hybridized carbons (Fsp3) is 0.0556. The third-order valence-electron chi connectivity index (χ3n) is 8.36. The third-order valence-corrected chi connectivity index (χ3v) is 8.36. The van der Waals surface area contributed by atoms with Crippen molar-refractivity contribution in [2.45, 2.75) is 12.3 Å². The van der Waals surface area contributed by atoms with Crippen molar-refractivity contribution < 1.29 is 4.74 Å². The number of benzene rings is 6. The molecule has 174 valence electrons. The summed E-state index contributed by atoms with van der Waals surface area (Å²) in [7, 11) is 0. The Hall–Kier alpha value is -4.62. The van der Waals surface area contributed by atoms with E-state index < -0.39 is 0 Å². The fourth-order valence-electron chi connectivity index (χ4n) is 6.61. The molecule has 1 atom stereocenters. The van der Waals surface area contributed by atoms with Crippen LogP contribution in [0.15, 0.2) is 127 Å². The van der Waals surface area contributed by atoms with Crippen molar-refractivity contribution in [3.63, 3.8) is 0 Å². The van der Waals surface area contributed by atoms with E-state index in [1.165, 1.54) is 60.8 Å². The van der Waals surface area contributed by atoms with Crippen molar-refractivity contribution in [1.29, 1.82) is 0 Å². The standard InChI is InChI=1S/C36H24O/c1-36(25-12-3-2-4-13-25)30-17-6-5-14-27(30)29-22-24(20-21-31(29)36)26-15-9-19-33-35(26)28-16-7-10-23-11-8-18-32(37-33)34(23)28/h2-22H,1H3. The Bertz CT molecular complexity index is 1860. The second-order valence-electron chi connectivity index (χ2n) is 10.2. The largest absolute Gasteiger partial charge is 0.456 e. The van der Waals surface area contributed by atoms with Gasteiger partial charge in [0, 0.05) is 16.4 Å². The van der Waals surface area contributed by atoms with Crippen LogP contribution in [0.25, 0.3) is 44.2 Å². The van der Waals surface area contributed by atoms with Crippen LogP contribution in [0.1, 0.15) is 23.6 Å². The highest BCUT2D eigenvalue weighted by atomic mass is 16.5. The number of ether oxygens (including phenoxy) is 1. The minimum absolute atomic E-state index is 0.185. The van der Waals surface area contributed by atoms with Crippen LogP contribution in [0, 0.1) is 0 Å². The van der Waals surface area contributed by atoms with Crippen LogP contribution in [0.3, 0.4) is 0 Å². The molecule has 1 aliphatic carbocycles. The molecule has 37 heavy (non-hydrogen) atoms. The number of fused-ring (bicyclic) bond motifs is 5. The minimum Gasteiger partial charge on any atom is -0.456 e. The van der Waals surface area contributed by atoms with Crippen molar-refractivity contribution in [2.75, 3.05) is 0 Å². The van der Waals surface area contributed by atoms with E-state index in [0.717, 1.165) is 11.5 Å².